The van der Waals surface area contributed by atoms with Gasteiger partial charge in [-0.2, -0.15) is 13.2 Å². The Morgan fingerprint density at radius 1 is 1.14 bits per heavy atom. The molecule has 0 fully saturated rings. The van der Waals surface area contributed by atoms with Crippen LogP contribution in [0.5, 0.6) is 0 Å². The number of rotatable bonds is 2. The molecule has 1 aromatic heterocycles. The third-order valence-corrected chi connectivity index (χ3v) is 2.59. The Morgan fingerprint density at radius 3 is 2.19 bits per heavy atom. The zero-order valence-electron chi connectivity index (χ0n) is 10.6. The van der Waals surface area contributed by atoms with Crippen molar-refractivity contribution in [3.8, 4) is 11.3 Å². The fourth-order valence-electron chi connectivity index (χ4n) is 1.50. The summed E-state index contributed by atoms with van der Waals surface area (Å²) in [6, 6.07) is 5.14. The molecule has 0 saturated heterocycles. The van der Waals surface area contributed by atoms with E-state index >= 15 is 0 Å². The maximum atomic E-state index is 12.4. The molecule has 0 saturated carbocycles. The summed E-state index contributed by atoms with van der Waals surface area (Å²) in [6.07, 6.45) is -4.45. The van der Waals surface area contributed by atoms with E-state index in [1.807, 2.05) is 0 Å². The molecule has 0 unspecified atom stereocenters. The topological polar surface area (TPSA) is 65.9 Å². The van der Waals surface area contributed by atoms with E-state index in [9.17, 15) is 23.1 Å². The van der Waals surface area contributed by atoms with Crippen LogP contribution in [0.25, 0.3) is 11.3 Å². The van der Waals surface area contributed by atoms with Crippen LogP contribution >= 0.6 is 11.6 Å². The van der Waals surface area contributed by atoms with Crippen molar-refractivity contribution < 1.29 is 74.5 Å². The summed E-state index contributed by atoms with van der Waals surface area (Å²) in [5, 5.41) is 10.4. The van der Waals surface area contributed by atoms with Gasteiger partial charge < -0.3 is 9.90 Å². The molecule has 104 valence electrons. The summed E-state index contributed by atoms with van der Waals surface area (Å²) >= 11 is 5.55. The summed E-state index contributed by atoms with van der Waals surface area (Å²) in [5.74, 6) is -1.55. The minimum Gasteiger partial charge on any atom is -0.543 e. The van der Waals surface area contributed by atoms with Gasteiger partial charge in [-0.3, -0.25) is 0 Å². The SMILES string of the molecule is O=C([O-])c1cc(-c2ccc(C(F)(F)F)cc2)nc(Cl)n1.[K+]. The minimum atomic E-state index is -4.45. The molecule has 0 bridgehead atoms. The van der Waals surface area contributed by atoms with Gasteiger partial charge in [0.25, 0.3) is 0 Å². The molecule has 0 aliphatic heterocycles. The van der Waals surface area contributed by atoms with Crippen LogP contribution in [-0.2, 0) is 6.18 Å². The molecule has 0 aliphatic rings. The van der Waals surface area contributed by atoms with Crippen LogP contribution in [0, 0.1) is 0 Å². The number of aromatic nitrogens is 2. The number of benzene rings is 1. The normalized spacial score (nSPS) is 10.9. The van der Waals surface area contributed by atoms with Crippen LogP contribution in [0.3, 0.4) is 0 Å². The smallest absolute Gasteiger partial charge is 0.543 e. The number of carbonyl (C=O) groups excluding carboxylic acids is 1. The number of nitrogens with zero attached hydrogens (tertiary/aromatic N) is 2. The van der Waals surface area contributed by atoms with Gasteiger partial charge in [0.1, 0.15) is 0 Å². The Bertz CT molecular complexity index is 663. The fraction of sp³-hybridized carbons (Fsp3) is 0.0833. The molecular formula is C12H5ClF3KN2O2. The van der Waals surface area contributed by atoms with Crippen molar-refractivity contribution in [2.45, 2.75) is 6.18 Å². The molecule has 1 aromatic carbocycles. The van der Waals surface area contributed by atoms with E-state index in [1.54, 1.807) is 0 Å². The van der Waals surface area contributed by atoms with Gasteiger partial charge in [0.15, 0.2) is 0 Å². The first-order valence-electron chi connectivity index (χ1n) is 5.21. The molecule has 0 atom stereocenters. The largest absolute Gasteiger partial charge is 1.00 e. The predicted molar refractivity (Wildman–Crippen MR) is 61.8 cm³/mol. The first kappa shape index (κ1) is 18.5. The van der Waals surface area contributed by atoms with Gasteiger partial charge >= 0.3 is 57.6 Å². The van der Waals surface area contributed by atoms with E-state index in [0.29, 0.717) is 0 Å². The van der Waals surface area contributed by atoms with Gasteiger partial charge in [-0.05, 0) is 29.8 Å². The first-order valence-corrected chi connectivity index (χ1v) is 5.59. The van der Waals surface area contributed by atoms with E-state index in [1.165, 1.54) is 12.1 Å². The number of alkyl halides is 3. The van der Waals surface area contributed by atoms with Crippen molar-refractivity contribution in [3.63, 3.8) is 0 Å². The average molecular weight is 341 g/mol. The Kier molecular flexibility index (Phi) is 6.32. The van der Waals surface area contributed by atoms with Crippen LogP contribution in [0.15, 0.2) is 30.3 Å². The number of carboxylic acids is 1. The molecule has 2 aromatic rings. The van der Waals surface area contributed by atoms with E-state index in [-0.39, 0.29) is 67.9 Å². The van der Waals surface area contributed by atoms with Gasteiger partial charge in [0.2, 0.25) is 5.28 Å². The quantitative estimate of drug-likeness (QED) is 0.529. The standard InChI is InChI=1S/C12H6ClF3N2O2.K/c13-11-17-8(5-9(18-11)10(19)20)6-1-3-7(4-2-6)12(14,15)16;/h1-5H,(H,19,20);/q;+1/p-1. The van der Waals surface area contributed by atoms with E-state index in [4.69, 9.17) is 11.6 Å². The van der Waals surface area contributed by atoms with Gasteiger partial charge in [-0.1, -0.05) is 12.1 Å². The molecule has 0 radical (unpaired) electrons. The number of halogens is 4. The second-order valence-electron chi connectivity index (χ2n) is 3.77. The predicted octanol–water partition coefficient (Wildman–Crippen LogP) is -0.817. The molecule has 2 rings (SSSR count). The Labute approximate surface area is 164 Å². The van der Waals surface area contributed by atoms with Gasteiger partial charge in [-0.25, -0.2) is 9.97 Å². The van der Waals surface area contributed by atoms with E-state index in [2.05, 4.69) is 9.97 Å². The second-order valence-corrected chi connectivity index (χ2v) is 4.11. The van der Waals surface area contributed by atoms with Crippen molar-refractivity contribution in [3.05, 3.63) is 46.9 Å². The molecule has 0 spiro atoms. The molecule has 1 heterocycles. The third-order valence-electron chi connectivity index (χ3n) is 2.42. The number of carboxylic acid groups (broad SMARTS) is 1. The van der Waals surface area contributed by atoms with Crippen LogP contribution < -0.4 is 56.5 Å². The Balaban J connectivity index is 0.00000220. The second kappa shape index (κ2) is 7.17. The van der Waals surface area contributed by atoms with Gasteiger partial charge in [-0.15, -0.1) is 0 Å². The molecule has 0 aliphatic carbocycles. The van der Waals surface area contributed by atoms with Crippen LogP contribution in [0.4, 0.5) is 13.2 Å². The van der Waals surface area contributed by atoms with Crippen molar-refractivity contribution >= 4 is 17.6 Å². The summed E-state index contributed by atoms with van der Waals surface area (Å²) in [5.41, 5.74) is -0.885. The molecular weight excluding hydrogens is 336 g/mol. The zero-order chi connectivity index (χ0) is 14.9. The third kappa shape index (κ3) is 4.73. The van der Waals surface area contributed by atoms with Crippen LogP contribution in [0.2, 0.25) is 5.28 Å². The van der Waals surface area contributed by atoms with Crippen molar-refractivity contribution in [1.82, 2.24) is 9.97 Å². The van der Waals surface area contributed by atoms with Gasteiger partial charge in [0.05, 0.1) is 22.9 Å². The maximum Gasteiger partial charge on any atom is 1.00 e. The summed E-state index contributed by atoms with van der Waals surface area (Å²) in [6.45, 7) is 0. The number of carbonyl (C=O) groups is 1. The van der Waals surface area contributed by atoms with Crippen LogP contribution in [-0.4, -0.2) is 15.9 Å². The summed E-state index contributed by atoms with van der Waals surface area (Å²) in [7, 11) is 0. The van der Waals surface area contributed by atoms with Crippen molar-refractivity contribution in [2.75, 3.05) is 0 Å². The Morgan fingerprint density at radius 2 is 1.71 bits per heavy atom. The zero-order valence-corrected chi connectivity index (χ0v) is 14.5. The van der Waals surface area contributed by atoms with E-state index < -0.39 is 23.4 Å². The molecule has 0 N–H and O–H groups in total. The fourth-order valence-corrected chi connectivity index (χ4v) is 1.68. The first-order chi connectivity index (χ1) is 9.27. The minimum absolute atomic E-state index is 0. The number of hydrogen-bond donors (Lipinski definition) is 0. The number of hydrogen-bond acceptors (Lipinski definition) is 4. The number of aromatic carboxylic acids is 1. The van der Waals surface area contributed by atoms with Crippen LogP contribution in [0.1, 0.15) is 16.1 Å². The van der Waals surface area contributed by atoms with Gasteiger partial charge in [0, 0.05) is 5.56 Å². The monoisotopic (exact) mass is 340 g/mol. The molecule has 4 nitrogen and oxygen atoms in total. The van der Waals surface area contributed by atoms with Crippen molar-refractivity contribution in [1.29, 1.82) is 0 Å². The molecule has 0 amide bonds. The summed E-state index contributed by atoms with van der Waals surface area (Å²) in [4.78, 5) is 17.9. The van der Waals surface area contributed by atoms with E-state index in [0.717, 1.165) is 18.2 Å². The average Bonchev–Trinajstić information content (AvgIpc) is 2.37. The maximum absolute atomic E-state index is 12.4. The van der Waals surface area contributed by atoms with Crippen molar-refractivity contribution in [2.24, 2.45) is 0 Å². The Hall–Kier alpha value is -0.514. The summed E-state index contributed by atoms with van der Waals surface area (Å²) < 4.78 is 37.3. The molecule has 21 heavy (non-hydrogen) atoms. The molecule has 9 heteroatoms.